The first-order valence-corrected chi connectivity index (χ1v) is 4.36. The van der Waals surface area contributed by atoms with Gasteiger partial charge < -0.3 is 10.1 Å². The molecule has 0 atom stereocenters. The molecule has 0 aromatic carbocycles. The van der Waals surface area contributed by atoms with Crippen molar-refractivity contribution in [1.29, 1.82) is 0 Å². The normalized spacial score (nSPS) is 18.0. The van der Waals surface area contributed by atoms with Crippen LogP contribution in [-0.2, 0) is 0 Å². The summed E-state index contributed by atoms with van der Waals surface area (Å²) in [5.41, 5.74) is 0.231. The Labute approximate surface area is 77.4 Å². The summed E-state index contributed by atoms with van der Waals surface area (Å²) in [5.74, 6) is 1.37. The van der Waals surface area contributed by atoms with E-state index < -0.39 is 0 Å². The van der Waals surface area contributed by atoms with Crippen LogP contribution in [0.5, 0.6) is 5.75 Å². The second kappa shape index (κ2) is 2.87. The third kappa shape index (κ3) is 1.88. The minimum Gasteiger partial charge on any atom is -0.494 e. The highest BCUT2D eigenvalue weighted by atomic mass is 16.5. The standard InChI is InChI=1S/C9H13N3O/c1-9(3-4-9)12-8-10-5-7(13-2)6-11-8/h5-6H,3-4H2,1-2H3,(H,10,11,12). The molecule has 2 rings (SSSR count). The lowest BCUT2D eigenvalue weighted by Crippen LogP contribution is -2.17. The summed E-state index contributed by atoms with van der Waals surface area (Å²) in [5, 5.41) is 3.27. The van der Waals surface area contributed by atoms with Crippen LogP contribution < -0.4 is 10.1 Å². The zero-order chi connectivity index (χ0) is 9.31. The third-order valence-electron chi connectivity index (χ3n) is 2.28. The molecule has 0 amide bonds. The van der Waals surface area contributed by atoms with Crippen molar-refractivity contribution >= 4 is 5.95 Å². The molecule has 0 spiro atoms. The van der Waals surface area contributed by atoms with Gasteiger partial charge in [0.25, 0.3) is 0 Å². The number of ether oxygens (including phenoxy) is 1. The fraction of sp³-hybridized carbons (Fsp3) is 0.556. The molecule has 4 heteroatoms. The second-order valence-electron chi connectivity index (χ2n) is 3.63. The van der Waals surface area contributed by atoms with Gasteiger partial charge in [0.05, 0.1) is 19.5 Å². The van der Waals surface area contributed by atoms with E-state index in [-0.39, 0.29) is 5.54 Å². The van der Waals surface area contributed by atoms with Crippen molar-refractivity contribution in [1.82, 2.24) is 9.97 Å². The van der Waals surface area contributed by atoms with Gasteiger partial charge in [0, 0.05) is 5.54 Å². The Morgan fingerprint density at radius 3 is 2.46 bits per heavy atom. The second-order valence-corrected chi connectivity index (χ2v) is 3.63. The van der Waals surface area contributed by atoms with E-state index in [2.05, 4.69) is 22.2 Å². The maximum absolute atomic E-state index is 4.96. The van der Waals surface area contributed by atoms with Crippen molar-refractivity contribution in [3.63, 3.8) is 0 Å². The molecule has 70 valence electrons. The molecule has 0 saturated heterocycles. The molecule has 1 N–H and O–H groups in total. The minimum atomic E-state index is 0.231. The molecule has 0 bridgehead atoms. The van der Waals surface area contributed by atoms with Gasteiger partial charge in [0.15, 0.2) is 5.75 Å². The minimum absolute atomic E-state index is 0.231. The molecule has 1 aromatic rings. The van der Waals surface area contributed by atoms with Crippen molar-refractivity contribution < 1.29 is 4.74 Å². The van der Waals surface area contributed by atoms with E-state index in [0.29, 0.717) is 11.7 Å². The molecule has 1 fully saturated rings. The maximum Gasteiger partial charge on any atom is 0.223 e. The molecule has 0 unspecified atom stereocenters. The van der Waals surface area contributed by atoms with E-state index in [9.17, 15) is 0 Å². The molecular formula is C9H13N3O. The van der Waals surface area contributed by atoms with Gasteiger partial charge in [-0.05, 0) is 19.8 Å². The molecule has 0 radical (unpaired) electrons. The van der Waals surface area contributed by atoms with Crippen molar-refractivity contribution in [3.05, 3.63) is 12.4 Å². The van der Waals surface area contributed by atoms with Gasteiger partial charge in [-0.15, -0.1) is 0 Å². The number of hydrogen-bond acceptors (Lipinski definition) is 4. The summed E-state index contributed by atoms with van der Waals surface area (Å²) in [7, 11) is 1.61. The predicted octanol–water partition coefficient (Wildman–Crippen LogP) is 1.45. The summed E-state index contributed by atoms with van der Waals surface area (Å²) >= 11 is 0. The van der Waals surface area contributed by atoms with Crippen LogP contribution in [0, 0.1) is 0 Å². The molecule has 1 aliphatic rings. The molecule has 13 heavy (non-hydrogen) atoms. The van der Waals surface area contributed by atoms with Crippen molar-refractivity contribution in [2.45, 2.75) is 25.3 Å². The molecule has 0 aliphatic heterocycles. The smallest absolute Gasteiger partial charge is 0.223 e. The van der Waals surface area contributed by atoms with Gasteiger partial charge in [0.1, 0.15) is 0 Å². The van der Waals surface area contributed by atoms with Crippen LogP contribution in [0.2, 0.25) is 0 Å². The van der Waals surface area contributed by atoms with E-state index in [0.717, 1.165) is 0 Å². The predicted molar refractivity (Wildman–Crippen MR) is 49.8 cm³/mol. The van der Waals surface area contributed by atoms with E-state index in [1.807, 2.05) is 0 Å². The van der Waals surface area contributed by atoms with Crippen LogP contribution in [0.3, 0.4) is 0 Å². The number of aromatic nitrogens is 2. The average molecular weight is 179 g/mol. The molecule has 1 saturated carbocycles. The fourth-order valence-corrected chi connectivity index (χ4v) is 1.07. The molecule has 1 aromatic heterocycles. The lowest BCUT2D eigenvalue weighted by Gasteiger charge is -2.10. The summed E-state index contributed by atoms with van der Waals surface area (Å²) < 4.78 is 4.96. The number of nitrogens with one attached hydrogen (secondary N) is 1. The first kappa shape index (κ1) is 8.29. The molecule has 1 heterocycles. The van der Waals surface area contributed by atoms with Gasteiger partial charge in [0.2, 0.25) is 5.95 Å². The molecule has 4 nitrogen and oxygen atoms in total. The van der Waals surface area contributed by atoms with Crippen molar-refractivity contribution in [2.24, 2.45) is 0 Å². The Morgan fingerprint density at radius 2 is 2.00 bits per heavy atom. The lowest BCUT2D eigenvalue weighted by atomic mass is 10.3. The Kier molecular flexibility index (Phi) is 1.83. The SMILES string of the molecule is COc1cnc(NC2(C)CC2)nc1. The number of nitrogens with zero attached hydrogens (tertiary/aromatic N) is 2. The monoisotopic (exact) mass is 179 g/mol. The van der Waals surface area contributed by atoms with Gasteiger partial charge in [-0.25, -0.2) is 9.97 Å². The topological polar surface area (TPSA) is 47.0 Å². The summed E-state index contributed by atoms with van der Waals surface area (Å²) in [6.07, 6.45) is 5.73. The quantitative estimate of drug-likeness (QED) is 0.762. The van der Waals surface area contributed by atoms with E-state index in [1.165, 1.54) is 12.8 Å². The largest absolute Gasteiger partial charge is 0.494 e. The first-order valence-electron chi connectivity index (χ1n) is 4.36. The van der Waals surface area contributed by atoms with Crippen molar-refractivity contribution in [2.75, 3.05) is 12.4 Å². The van der Waals surface area contributed by atoms with E-state index >= 15 is 0 Å². The molecular weight excluding hydrogens is 166 g/mol. The Morgan fingerprint density at radius 1 is 1.38 bits per heavy atom. The van der Waals surface area contributed by atoms with Gasteiger partial charge in [-0.1, -0.05) is 0 Å². The van der Waals surface area contributed by atoms with Gasteiger partial charge in [-0.2, -0.15) is 0 Å². The van der Waals surface area contributed by atoms with Crippen LogP contribution >= 0.6 is 0 Å². The Hall–Kier alpha value is -1.32. The molecule has 1 aliphatic carbocycles. The van der Waals surface area contributed by atoms with E-state index in [4.69, 9.17) is 4.74 Å². The summed E-state index contributed by atoms with van der Waals surface area (Å²) in [6.45, 7) is 2.17. The number of hydrogen-bond donors (Lipinski definition) is 1. The first-order chi connectivity index (χ1) is 6.22. The van der Waals surface area contributed by atoms with Gasteiger partial charge >= 0.3 is 0 Å². The Balaban J connectivity index is 2.05. The van der Waals surface area contributed by atoms with Gasteiger partial charge in [-0.3, -0.25) is 0 Å². The average Bonchev–Trinajstić information content (AvgIpc) is 2.85. The number of anilines is 1. The number of methoxy groups -OCH3 is 1. The summed E-state index contributed by atoms with van der Waals surface area (Å²) in [6, 6.07) is 0. The highest BCUT2D eigenvalue weighted by molar-refractivity contribution is 5.33. The van der Waals surface area contributed by atoms with Crippen LogP contribution in [-0.4, -0.2) is 22.6 Å². The highest BCUT2D eigenvalue weighted by Crippen LogP contribution is 2.37. The van der Waals surface area contributed by atoms with Crippen LogP contribution in [0.15, 0.2) is 12.4 Å². The zero-order valence-corrected chi connectivity index (χ0v) is 7.87. The maximum atomic E-state index is 4.96. The third-order valence-corrected chi connectivity index (χ3v) is 2.28. The van der Waals surface area contributed by atoms with Crippen LogP contribution in [0.4, 0.5) is 5.95 Å². The zero-order valence-electron chi connectivity index (χ0n) is 7.87. The summed E-state index contributed by atoms with van der Waals surface area (Å²) in [4.78, 5) is 8.26. The Bertz CT molecular complexity index is 292. The highest BCUT2D eigenvalue weighted by Gasteiger charge is 2.37. The lowest BCUT2D eigenvalue weighted by molar-refractivity contribution is 0.411. The number of rotatable bonds is 3. The van der Waals surface area contributed by atoms with E-state index in [1.54, 1.807) is 19.5 Å². The fourth-order valence-electron chi connectivity index (χ4n) is 1.07. The van der Waals surface area contributed by atoms with Crippen LogP contribution in [0.1, 0.15) is 19.8 Å². The van der Waals surface area contributed by atoms with Crippen molar-refractivity contribution in [3.8, 4) is 5.75 Å². The van der Waals surface area contributed by atoms with Crippen LogP contribution in [0.25, 0.3) is 0 Å².